The van der Waals surface area contributed by atoms with Crippen LogP contribution in [0.2, 0.25) is 0 Å². The van der Waals surface area contributed by atoms with Gasteiger partial charge >= 0.3 is 0 Å². The minimum absolute atomic E-state index is 0.400. The van der Waals surface area contributed by atoms with E-state index in [-0.39, 0.29) is 0 Å². The smallest absolute Gasteiger partial charge is 0.0283 e. The first-order valence-corrected chi connectivity index (χ1v) is 7.59. The van der Waals surface area contributed by atoms with Crippen LogP contribution in [-0.2, 0) is 0 Å². The Labute approximate surface area is 98.6 Å². The SMILES string of the molecule is CC1(C(N)CC2CCCCC2)CCCS1. The van der Waals surface area contributed by atoms with Gasteiger partial charge in [0.2, 0.25) is 0 Å². The van der Waals surface area contributed by atoms with Crippen molar-refractivity contribution in [2.24, 2.45) is 11.7 Å². The molecule has 0 radical (unpaired) electrons. The van der Waals surface area contributed by atoms with Crippen LogP contribution >= 0.6 is 11.8 Å². The summed E-state index contributed by atoms with van der Waals surface area (Å²) in [6.07, 6.45) is 11.2. The lowest BCUT2D eigenvalue weighted by atomic mass is 9.81. The summed E-state index contributed by atoms with van der Waals surface area (Å²) in [5.74, 6) is 2.27. The molecule has 2 heteroatoms. The van der Waals surface area contributed by atoms with Crippen LogP contribution < -0.4 is 5.73 Å². The number of nitrogens with two attached hydrogens (primary N) is 1. The van der Waals surface area contributed by atoms with E-state index in [1.54, 1.807) is 0 Å². The summed E-state index contributed by atoms with van der Waals surface area (Å²) in [6.45, 7) is 2.39. The van der Waals surface area contributed by atoms with E-state index in [4.69, 9.17) is 5.73 Å². The molecule has 1 heterocycles. The van der Waals surface area contributed by atoms with Crippen molar-refractivity contribution < 1.29 is 0 Å². The maximum absolute atomic E-state index is 6.42. The van der Waals surface area contributed by atoms with Gasteiger partial charge in [0.05, 0.1) is 0 Å². The summed E-state index contributed by atoms with van der Waals surface area (Å²) in [5, 5.41) is 0. The van der Waals surface area contributed by atoms with Gasteiger partial charge in [-0.05, 0) is 37.9 Å². The van der Waals surface area contributed by atoms with Gasteiger partial charge in [-0.25, -0.2) is 0 Å². The van der Waals surface area contributed by atoms with Crippen LogP contribution in [-0.4, -0.2) is 16.5 Å². The molecule has 2 fully saturated rings. The Hall–Kier alpha value is 0.310. The normalized spacial score (nSPS) is 35.6. The molecule has 2 aliphatic rings. The molecule has 2 unspecified atom stereocenters. The summed E-state index contributed by atoms with van der Waals surface area (Å²) < 4.78 is 0.400. The van der Waals surface area contributed by atoms with Gasteiger partial charge in [-0.3, -0.25) is 0 Å². The Morgan fingerprint density at radius 1 is 1.27 bits per heavy atom. The van der Waals surface area contributed by atoms with Crippen molar-refractivity contribution in [1.29, 1.82) is 0 Å². The molecule has 0 spiro atoms. The average molecular weight is 227 g/mol. The first kappa shape index (κ1) is 11.8. The third kappa shape index (κ3) is 2.91. The first-order chi connectivity index (χ1) is 7.21. The molecular weight excluding hydrogens is 202 g/mol. The monoisotopic (exact) mass is 227 g/mol. The summed E-state index contributed by atoms with van der Waals surface area (Å²) in [4.78, 5) is 0. The second-order valence-corrected chi connectivity index (χ2v) is 7.24. The summed E-state index contributed by atoms with van der Waals surface area (Å²) in [7, 11) is 0. The summed E-state index contributed by atoms with van der Waals surface area (Å²) in [5.41, 5.74) is 6.42. The van der Waals surface area contributed by atoms with E-state index in [1.165, 1.54) is 57.1 Å². The van der Waals surface area contributed by atoms with Crippen LogP contribution in [0.5, 0.6) is 0 Å². The lowest BCUT2D eigenvalue weighted by Gasteiger charge is -2.34. The maximum atomic E-state index is 6.42. The van der Waals surface area contributed by atoms with Gasteiger partial charge in [0.25, 0.3) is 0 Å². The van der Waals surface area contributed by atoms with Crippen LogP contribution in [0.4, 0.5) is 0 Å². The minimum atomic E-state index is 0.400. The van der Waals surface area contributed by atoms with Crippen molar-refractivity contribution in [2.75, 3.05) is 5.75 Å². The number of thioether (sulfide) groups is 1. The van der Waals surface area contributed by atoms with Crippen LogP contribution in [0, 0.1) is 5.92 Å². The third-order valence-electron chi connectivity index (χ3n) is 4.35. The molecular formula is C13H25NS. The maximum Gasteiger partial charge on any atom is 0.0283 e. The van der Waals surface area contributed by atoms with Gasteiger partial charge < -0.3 is 5.73 Å². The molecule has 1 aliphatic heterocycles. The second-order valence-electron chi connectivity index (χ2n) is 5.61. The predicted molar refractivity (Wildman–Crippen MR) is 69.3 cm³/mol. The van der Waals surface area contributed by atoms with Gasteiger partial charge in [0, 0.05) is 10.8 Å². The topological polar surface area (TPSA) is 26.0 Å². The van der Waals surface area contributed by atoms with Crippen LogP contribution in [0.25, 0.3) is 0 Å². The van der Waals surface area contributed by atoms with Crippen molar-refractivity contribution in [2.45, 2.75) is 69.1 Å². The molecule has 15 heavy (non-hydrogen) atoms. The van der Waals surface area contributed by atoms with Gasteiger partial charge in [-0.2, -0.15) is 11.8 Å². The Balaban J connectivity index is 1.82. The van der Waals surface area contributed by atoms with Gasteiger partial charge in [-0.1, -0.05) is 32.1 Å². The van der Waals surface area contributed by atoms with Gasteiger partial charge in [0.1, 0.15) is 0 Å². The molecule has 0 aromatic carbocycles. The number of hydrogen-bond acceptors (Lipinski definition) is 2. The van der Waals surface area contributed by atoms with Crippen molar-refractivity contribution in [3.8, 4) is 0 Å². The molecule has 0 aromatic heterocycles. The molecule has 1 nitrogen and oxygen atoms in total. The second kappa shape index (κ2) is 5.09. The first-order valence-electron chi connectivity index (χ1n) is 6.60. The Kier molecular flexibility index (Phi) is 4.00. The van der Waals surface area contributed by atoms with E-state index in [2.05, 4.69) is 18.7 Å². The van der Waals surface area contributed by atoms with Gasteiger partial charge in [-0.15, -0.1) is 0 Å². The van der Waals surface area contributed by atoms with Crippen LogP contribution in [0.15, 0.2) is 0 Å². The highest BCUT2D eigenvalue weighted by Crippen LogP contribution is 2.42. The third-order valence-corrected chi connectivity index (χ3v) is 6.00. The lowest BCUT2D eigenvalue weighted by molar-refractivity contribution is 0.296. The van der Waals surface area contributed by atoms with Crippen molar-refractivity contribution in [3.63, 3.8) is 0 Å². The fourth-order valence-electron chi connectivity index (χ4n) is 3.12. The zero-order chi connectivity index (χ0) is 10.7. The molecule has 0 amide bonds. The molecule has 1 saturated heterocycles. The molecule has 0 aromatic rings. The van der Waals surface area contributed by atoms with E-state index in [0.29, 0.717) is 10.8 Å². The minimum Gasteiger partial charge on any atom is -0.326 e. The molecule has 1 saturated carbocycles. The predicted octanol–water partition coefficient (Wildman–Crippen LogP) is 3.57. The number of hydrogen-bond donors (Lipinski definition) is 1. The quantitative estimate of drug-likeness (QED) is 0.797. The zero-order valence-electron chi connectivity index (χ0n) is 10.0. The fraction of sp³-hybridized carbons (Fsp3) is 1.00. The van der Waals surface area contributed by atoms with Crippen LogP contribution in [0.1, 0.15) is 58.3 Å². The highest BCUT2D eigenvalue weighted by Gasteiger charge is 2.36. The van der Waals surface area contributed by atoms with E-state index in [1.807, 2.05) is 0 Å². The van der Waals surface area contributed by atoms with Crippen molar-refractivity contribution >= 4 is 11.8 Å². The fourth-order valence-corrected chi connectivity index (χ4v) is 4.48. The molecule has 0 bridgehead atoms. The van der Waals surface area contributed by atoms with E-state index in [0.717, 1.165) is 5.92 Å². The Bertz CT molecular complexity index is 193. The molecule has 88 valence electrons. The van der Waals surface area contributed by atoms with Crippen LogP contribution in [0.3, 0.4) is 0 Å². The van der Waals surface area contributed by atoms with E-state index < -0.39 is 0 Å². The summed E-state index contributed by atoms with van der Waals surface area (Å²) >= 11 is 2.12. The van der Waals surface area contributed by atoms with Crippen molar-refractivity contribution in [1.82, 2.24) is 0 Å². The Morgan fingerprint density at radius 3 is 2.60 bits per heavy atom. The van der Waals surface area contributed by atoms with Gasteiger partial charge in [0.15, 0.2) is 0 Å². The molecule has 1 aliphatic carbocycles. The van der Waals surface area contributed by atoms with E-state index in [9.17, 15) is 0 Å². The lowest BCUT2D eigenvalue weighted by Crippen LogP contribution is -2.42. The zero-order valence-corrected chi connectivity index (χ0v) is 10.8. The Morgan fingerprint density at radius 2 is 2.00 bits per heavy atom. The molecule has 2 atom stereocenters. The molecule has 2 rings (SSSR count). The largest absolute Gasteiger partial charge is 0.326 e. The number of rotatable bonds is 3. The average Bonchev–Trinajstić information content (AvgIpc) is 2.68. The highest BCUT2D eigenvalue weighted by molar-refractivity contribution is 8.00. The van der Waals surface area contributed by atoms with E-state index >= 15 is 0 Å². The standard InChI is InChI=1S/C13H25NS/c1-13(8-5-9-15-13)12(14)10-11-6-3-2-4-7-11/h11-12H,2-10,14H2,1H3. The molecule has 2 N–H and O–H groups in total. The highest BCUT2D eigenvalue weighted by atomic mass is 32.2. The summed E-state index contributed by atoms with van der Waals surface area (Å²) in [6, 6.07) is 0.438. The van der Waals surface area contributed by atoms with Crippen molar-refractivity contribution in [3.05, 3.63) is 0 Å².